The third-order valence-corrected chi connectivity index (χ3v) is 3.76. The van der Waals surface area contributed by atoms with E-state index in [1.54, 1.807) is 0 Å². The number of carboxylic acid groups (broad SMARTS) is 1. The van der Waals surface area contributed by atoms with E-state index in [4.69, 9.17) is 15.6 Å². The fourth-order valence-electron chi connectivity index (χ4n) is 2.23. The highest BCUT2D eigenvalue weighted by molar-refractivity contribution is 5.86. The Kier molecular flexibility index (Phi) is 11.0. The molecule has 0 spiro atoms. The largest absolute Gasteiger partial charge is 0.489 e. The van der Waals surface area contributed by atoms with E-state index in [0.717, 1.165) is 16.9 Å². The molecule has 0 saturated carbocycles. The number of hydrogen-bond donors (Lipinski definition) is 2. The molecule has 0 aliphatic rings. The lowest BCUT2D eigenvalue weighted by Gasteiger charge is -2.07. The van der Waals surface area contributed by atoms with Gasteiger partial charge in [0.25, 0.3) is 0 Å². The first-order valence-electron chi connectivity index (χ1n) is 9.62. The van der Waals surface area contributed by atoms with Crippen LogP contribution in [0.1, 0.15) is 25.0 Å². The minimum absolute atomic E-state index is 0.183. The zero-order valence-corrected chi connectivity index (χ0v) is 17.3. The summed E-state index contributed by atoms with van der Waals surface area (Å²) in [5.41, 5.74) is 8.05. The number of ether oxygens (including phenoxy) is 1. The topological polar surface area (TPSA) is 72.5 Å². The first-order chi connectivity index (χ1) is 14.4. The van der Waals surface area contributed by atoms with Crippen LogP contribution in [-0.2, 0) is 17.8 Å². The fraction of sp³-hybridized carbons (Fsp3) is 0.160. The van der Waals surface area contributed by atoms with Gasteiger partial charge in [-0.2, -0.15) is 0 Å². The Balaban J connectivity index is 0.000000375. The molecule has 3 aromatic carbocycles. The average molecular weight is 410 g/mol. The van der Waals surface area contributed by atoms with Gasteiger partial charge < -0.3 is 15.6 Å². The van der Waals surface area contributed by atoms with Crippen molar-refractivity contribution in [2.75, 3.05) is 5.73 Å². The van der Waals surface area contributed by atoms with Crippen molar-refractivity contribution < 1.29 is 19.0 Å². The fourth-order valence-corrected chi connectivity index (χ4v) is 2.23. The molecule has 3 rings (SSSR count). The van der Waals surface area contributed by atoms with E-state index in [1.807, 2.05) is 68.4 Å². The molecule has 30 heavy (non-hydrogen) atoms. The summed E-state index contributed by atoms with van der Waals surface area (Å²) in [6.07, 6.45) is 0.342. The highest BCUT2D eigenvalue weighted by Gasteiger charge is 2.05. The van der Waals surface area contributed by atoms with Crippen LogP contribution in [0.15, 0.2) is 91.0 Å². The Morgan fingerprint density at radius 1 is 0.933 bits per heavy atom. The normalized spacial score (nSPS) is 9.30. The van der Waals surface area contributed by atoms with Gasteiger partial charge in [-0.1, -0.05) is 62.9 Å². The number of anilines is 1. The Morgan fingerprint density at radius 2 is 1.50 bits per heavy atom. The average Bonchev–Trinajstić information content (AvgIpc) is 2.78. The quantitative estimate of drug-likeness (QED) is 0.394. The smallest absolute Gasteiger partial charge is 0.331 e. The van der Waals surface area contributed by atoms with Gasteiger partial charge in [-0.05, 0) is 47.5 Å². The summed E-state index contributed by atoms with van der Waals surface area (Å²) >= 11 is 0. The molecule has 0 aliphatic heterocycles. The zero-order chi connectivity index (χ0) is 22.4. The second kappa shape index (κ2) is 13.6. The van der Waals surface area contributed by atoms with E-state index in [1.165, 1.54) is 24.3 Å². The molecule has 0 aliphatic carbocycles. The van der Waals surface area contributed by atoms with Crippen LogP contribution in [0.4, 0.5) is 10.1 Å². The number of halogens is 1. The van der Waals surface area contributed by atoms with E-state index < -0.39 is 5.97 Å². The molecule has 0 atom stereocenters. The van der Waals surface area contributed by atoms with E-state index in [0.29, 0.717) is 18.7 Å². The van der Waals surface area contributed by atoms with Gasteiger partial charge in [0.2, 0.25) is 0 Å². The van der Waals surface area contributed by atoms with Crippen molar-refractivity contribution in [2.45, 2.75) is 26.9 Å². The van der Waals surface area contributed by atoms with Crippen molar-refractivity contribution in [3.8, 4) is 5.75 Å². The molecule has 3 N–H and O–H groups in total. The van der Waals surface area contributed by atoms with E-state index in [-0.39, 0.29) is 11.4 Å². The molecule has 0 saturated heterocycles. The Bertz CT molecular complexity index is 871. The number of nitrogen functional groups attached to an aromatic ring is 1. The van der Waals surface area contributed by atoms with Gasteiger partial charge in [0.1, 0.15) is 18.2 Å². The van der Waals surface area contributed by atoms with E-state index in [9.17, 15) is 9.18 Å². The van der Waals surface area contributed by atoms with Gasteiger partial charge in [0, 0.05) is 17.7 Å². The lowest BCUT2D eigenvalue weighted by molar-refractivity contribution is -0.132. The molecular weight excluding hydrogens is 381 g/mol. The van der Waals surface area contributed by atoms with Crippen molar-refractivity contribution in [2.24, 2.45) is 0 Å². The van der Waals surface area contributed by atoms with Gasteiger partial charge in [0.05, 0.1) is 0 Å². The second-order valence-corrected chi connectivity index (χ2v) is 6.06. The SMILES string of the molecule is C=C(Cc1ccc(OCc2ccccc2)cc1)C(=O)O.CC.Nc1ccc(F)cc1. The monoisotopic (exact) mass is 409 g/mol. The lowest BCUT2D eigenvalue weighted by atomic mass is 10.1. The number of aliphatic carboxylic acids is 1. The van der Waals surface area contributed by atoms with Gasteiger partial charge in [0.15, 0.2) is 0 Å². The van der Waals surface area contributed by atoms with Crippen molar-refractivity contribution in [3.05, 3.63) is 108 Å². The third-order valence-electron chi connectivity index (χ3n) is 3.76. The summed E-state index contributed by atoms with van der Waals surface area (Å²) in [4.78, 5) is 10.7. The number of rotatable bonds is 6. The summed E-state index contributed by atoms with van der Waals surface area (Å²) in [6.45, 7) is 8.03. The van der Waals surface area contributed by atoms with Crippen LogP contribution in [0.2, 0.25) is 0 Å². The first-order valence-corrected chi connectivity index (χ1v) is 9.62. The molecule has 0 radical (unpaired) electrons. The summed E-state index contributed by atoms with van der Waals surface area (Å²) < 4.78 is 17.7. The first kappa shape index (κ1) is 24.4. The molecule has 0 amide bonds. The molecule has 0 bridgehead atoms. The van der Waals surface area contributed by atoms with Crippen LogP contribution in [0.25, 0.3) is 0 Å². The summed E-state index contributed by atoms with van der Waals surface area (Å²) in [5.74, 6) is -0.452. The van der Waals surface area contributed by atoms with Crippen LogP contribution in [0.3, 0.4) is 0 Å². The highest BCUT2D eigenvalue weighted by Crippen LogP contribution is 2.16. The minimum atomic E-state index is -0.964. The molecule has 0 unspecified atom stereocenters. The van der Waals surface area contributed by atoms with Gasteiger partial charge >= 0.3 is 5.97 Å². The standard InChI is InChI=1S/C17H16O3.C6H6FN.C2H6/c1-13(17(18)19)11-14-7-9-16(10-8-14)20-12-15-5-3-2-4-6-15;7-5-1-3-6(8)4-2-5;1-2/h2-10H,1,11-12H2,(H,18,19);1-4H,8H2;1-2H3. The summed E-state index contributed by atoms with van der Waals surface area (Å²) in [7, 11) is 0. The van der Waals surface area contributed by atoms with Crippen molar-refractivity contribution in [3.63, 3.8) is 0 Å². The molecule has 0 fully saturated rings. The van der Waals surface area contributed by atoms with Crippen molar-refractivity contribution >= 4 is 11.7 Å². The Labute approximate surface area is 177 Å². The summed E-state index contributed by atoms with van der Waals surface area (Å²) in [5, 5.41) is 8.78. The number of carboxylic acids is 1. The highest BCUT2D eigenvalue weighted by atomic mass is 19.1. The second-order valence-electron chi connectivity index (χ2n) is 6.06. The maximum absolute atomic E-state index is 12.0. The van der Waals surface area contributed by atoms with Crippen molar-refractivity contribution in [1.82, 2.24) is 0 Å². The molecular formula is C25H28FNO3. The Hall–Kier alpha value is -3.60. The maximum atomic E-state index is 12.0. The molecule has 5 heteroatoms. The van der Waals surface area contributed by atoms with Crippen LogP contribution < -0.4 is 10.5 Å². The van der Waals surface area contributed by atoms with Gasteiger partial charge in [-0.25, -0.2) is 9.18 Å². The minimum Gasteiger partial charge on any atom is -0.489 e. The maximum Gasteiger partial charge on any atom is 0.331 e. The molecule has 3 aromatic rings. The zero-order valence-electron chi connectivity index (χ0n) is 17.3. The van der Waals surface area contributed by atoms with Crippen LogP contribution in [-0.4, -0.2) is 11.1 Å². The van der Waals surface area contributed by atoms with Crippen LogP contribution in [0, 0.1) is 5.82 Å². The number of carbonyl (C=O) groups is 1. The number of nitrogens with two attached hydrogens (primary N) is 1. The Morgan fingerprint density at radius 3 is 2.00 bits per heavy atom. The van der Waals surface area contributed by atoms with Gasteiger partial charge in [-0.15, -0.1) is 0 Å². The predicted molar refractivity (Wildman–Crippen MR) is 120 cm³/mol. The molecule has 158 valence electrons. The van der Waals surface area contributed by atoms with Crippen LogP contribution >= 0.6 is 0 Å². The van der Waals surface area contributed by atoms with E-state index in [2.05, 4.69) is 6.58 Å². The lowest BCUT2D eigenvalue weighted by Crippen LogP contribution is -2.02. The number of hydrogen-bond acceptors (Lipinski definition) is 3. The molecule has 4 nitrogen and oxygen atoms in total. The van der Waals surface area contributed by atoms with Gasteiger partial charge in [-0.3, -0.25) is 0 Å². The molecule has 0 heterocycles. The molecule has 0 aromatic heterocycles. The third kappa shape index (κ3) is 9.55. The van der Waals surface area contributed by atoms with E-state index >= 15 is 0 Å². The predicted octanol–water partition coefficient (Wildman–Crippen LogP) is 5.88. The summed E-state index contributed by atoms with van der Waals surface area (Å²) in [6, 6.07) is 23.0. The number of benzene rings is 3. The van der Waals surface area contributed by atoms with Crippen molar-refractivity contribution in [1.29, 1.82) is 0 Å². The van der Waals surface area contributed by atoms with Crippen LogP contribution in [0.5, 0.6) is 5.75 Å².